The summed E-state index contributed by atoms with van der Waals surface area (Å²) < 4.78 is 6.96. The molecule has 0 amide bonds. The Morgan fingerprint density at radius 2 is 1.62 bits per heavy atom. The standard InChI is InChI=1S/C7H17NO5/c1-8-2-4(10)6(12)7(13)5(11)3-9/h4-13H,2-3H2,1H3/t4-,5+,6+,7+/m0/s1/i/hD. The van der Waals surface area contributed by atoms with E-state index in [0.717, 1.165) is 5.31 Å². The second-order valence-corrected chi connectivity index (χ2v) is 2.80. The molecule has 0 radical (unpaired) electrons. The maximum atomic E-state index is 9.26. The molecule has 0 aliphatic carbocycles. The molecule has 0 saturated heterocycles. The minimum absolute atomic E-state index is 0.170. The lowest BCUT2D eigenvalue weighted by Gasteiger charge is -2.25. The highest BCUT2D eigenvalue weighted by Crippen LogP contribution is 2.04. The van der Waals surface area contributed by atoms with E-state index in [1.165, 1.54) is 7.05 Å². The van der Waals surface area contributed by atoms with Gasteiger partial charge in [0.1, 0.15) is 19.7 Å². The minimum atomic E-state index is -1.63. The summed E-state index contributed by atoms with van der Waals surface area (Å²) in [4.78, 5) is 0. The Morgan fingerprint density at radius 3 is 2.00 bits per heavy atom. The van der Waals surface area contributed by atoms with Crippen LogP contribution in [0.25, 0.3) is 0 Å². The summed E-state index contributed by atoms with van der Waals surface area (Å²) in [6.07, 6.45) is -6.08. The zero-order valence-electron chi connectivity index (χ0n) is 8.41. The van der Waals surface area contributed by atoms with Gasteiger partial charge in [-0.1, -0.05) is 0 Å². The van der Waals surface area contributed by atoms with Crippen LogP contribution in [0, 0.1) is 0 Å². The molecule has 6 heteroatoms. The average Bonchev–Trinajstić information content (AvgIpc) is 2.13. The maximum Gasteiger partial charge on any atom is 0.122 e. The summed E-state index contributed by atoms with van der Waals surface area (Å²) in [6.45, 7) is -0.877. The van der Waals surface area contributed by atoms with Gasteiger partial charge in [-0.2, -0.15) is 0 Å². The van der Waals surface area contributed by atoms with Crippen molar-refractivity contribution >= 4 is 0 Å². The molecule has 0 heterocycles. The van der Waals surface area contributed by atoms with Crippen LogP contribution >= 0.6 is 0 Å². The van der Waals surface area contributed by atoms with Crippen LogP contribution in [-0.4, -0.2) is 70.1 Å². The number of hydrogen-bond donors (Lipinski definition) is 6. The van der Waals surface area contributed by atoms with Gasteiger partial charge in [0.25, 0.3) is 0 Å². The Balaban J connectivity index is 4.09. The van der Waals surface area contributed by atoms with Gasteiger partial charge in [0.2, 0.25) is 0 Å². The molecule has 0 saturated carbocycles. The minimum Gasteiger partial charge on any atom is -0.394 e. The van der Waals surface area contributed by atoms with Gasteiger partial charge in [0.05, 0.1) is 12.7 Å². The quantitative estimate of drug-likeness (QED) is 0.264. The van der Waals surface area contributed by atoms with Crippen molar-refractivity contribution in [3.8, 4) is 0 Å². The van der Waals surface area contributed by atoms with E-state index < -0.39 is 31.0 Å². The Morgan fingerprint density at radius 1 is 1.15 bits per heavy atom. The van der Waals surface area contributed by atoms with E-state index in [9.17, 15) is 10.2 Å². The first-order chi connectivity index (χ1) is 6.40. The molecule has 0 aliphatic heterocycles. The largest absolute Gasteiger partial charge is 0.394 e. The monoisotopic (exact) mass is 196 g/mol. The third-order valence-electron chi connectivity index (χ3n) is 1.70. The second kappa shape index (κ2) is 6.25. The highest BCUT2D eigenvalue weighted by molar-refractivity contribution is 4.81. The molecule has 0 rings (SSSR count). The van der Waals surface area contributed by atoms with Crippen molar-refractivity contribution in [3.63, 3.8) is 0 Å². The van der Waals surface area contributed by atoms with Gasteiger partial charge in [-0.25, -0.2) is 0 Å². The van der Waals surface area contributed by atoms with E-state index in [1.54, 1.807) is 0 Å². The van der Waals surface area contributed by atoms with E-state index in [0.29, 0.717) is 0 Å². The maximum absolute atomic E-state index is 9.26. The number of hydrogen-bond acceptors (Lipinski definition) is 6. The summed E-state index contributed by atoms with van der Waals surface area (Å²) in [6, 6.07) is 0. The highest BCUT2D eigenvalue weighted by atomic mass is 16.4. The van der Waals surface area contributed by atoms with E-state index in [2.05, 4.69) is 0 Å². The molecule has 0 unspecified atom stereocenters. The molecule has 13 heavy (non-hydrogen) atoms. The number of aliphatic hydroxyl groups is 5. The SMILES string of the molecule is [2H]N(C)C[C@H](O)[C@@H](O)[C@H](O)[C@H](O)CO. The summed E-state index contributed by atoms with van der Waals surface area (Å²) >= 11 is 0. The van der Waals surface area contributed by atoms with Gasteiger partial charge in [-0.3, -0.25) is 0 Å². The zero-order chi connectivity index (χ0) is 11.3. The smallest absolute Gasteiger partial charge is 0.122 e. The molecule has 0 bridgehead atoms. The van der Waals surface area contributed by atoms with Crippen LogP contribution in [0.2, 0.25) is 1.41 Å². The molecule has 6 nitrogen and oxygen atoms in total. The third kappa shape index (κ3) is 3.99. The van der Waals surface area contributed by atoms with Crippen LogP contribution in [0.1, 0.15) is 0 Å². The summed E-state index contributed by atoms with van der Waals surface area (Å²) in [5.41, 5.74) is 0. The van der Waals surface area contributed by atoms with Crippen molar-refractivity contribution in [1.29, 1.82) is 0 Å². The Kier molecular flexibility index (Phi) is 5.21. The molecule has 0 aromatic rings. The van der Waals surface area contributed by atoms with Crippen molar-refractivity contribution in [2.45, 2.75) is 24.4 Å². The van der Waals surface area contributed by atoms with Crippen molar-refractivity contribution in [1.82, 2.24) is 5.31 Å². The molecular weight excluding hydrogens is 178 g/mol. The van der Waals surface area contributed by atoms with Gasteiger partial charge < -0.3 is 30.8 Å². The number of nitrogens with one attached hydrogen (secondary N) is 1. The number of aliphatic hydroxyl groups excluding tert-OH is 5. The molecule has 6 N–H and O–H groups in total. The molecule has 0 fully saturated rings. The van der Waals surface area contributed by atoms with Gasteiger partial charge >= 0.3 is 0 Å². The van der Waals surface area contributed by atoms with Crippen LogP contribution in [0.5, 0.6) is 0 Å². The zero-order valence-corrected chi connectivity index (χ0v) is 7.41. The van der Waals surface area contributed by atoms with Crippen LogP contribution < -0.4 is 5.31 Å². The van der Waals surface area contributed by atoms with Crippen LogP contribution in [-0.2, 0) is 0 Å². The normalized spacial score (nSPS) is 22.2. The Bertz CT molecular complexity index is 159. The summed E-state index contributed by atoms with van der Waals surface area (Å²) in [5.74, 6) is 0. The van der Waals surface area contributed by atoms with E-state index in [4.69, 9.17) is 16.7 Å². The fourth-order valence-electron chi connectivity index (χ4n) is 0.858. The van der Waals surface area contributed by atoms with Crippen LogP contribution in [0.3, 0.4) is 0 Å². The number of likely N-dealkylation sites (N-methyl/N-ethyl adjacent to an activating group) is 1. The predicted octanol–water partition coefficient (Wildman–Crippen LogP) is -3.36. The molecule has 0 spiro atoms. The lowest BCUT2D eigenvalue weighted by Crippen LogP contribution is -2.48. The van der Waals surface area contributed by atoms with Crippen molar-refractivity contribution in [2.75, 3.05) is 20.2 Å². The van der Waals surface area contributed by atoms with Crippen LogP contribution in [0.4, 0.5) is 0 Å². The lowest BCUT2D eigenvalue weighted by atomic mass is 10.0. The van der Waals surface area contributed by atoms with Crippen LogP contribution in [0.15, 0.2) is 0 Å². The number of rotatable bonds is 6. The second-order valence-electron chi connectivity index (χ2n) is 2.80. The summed E-state index contributed by atoms with van der Waals surface area (Å²) in [7, 11) is 1.37. The molecule has 0 aromatic carbocycles. The lowest BCUT2D eigenvalue weighted by molar-refractivity contribution is -0.113. The van der Waals surface area contributed by atoms with Gasteiger partial charge in [0.15, 0.2) is 0 Å². The first-order valence-corrected chi connectivity index (χ1v) is 3.93. The van der Waals surface area contributed by atoms with E-state index >= 15 is 0 Å². The van der Waals surface area contributed by atoms with Gasteiger partial charge in [0, 0.05) is 6.54 Å². The topological polar surface area (TPSA) is 113 Å². The van der Waals surface area contributed by atoms with E-state index in [1.807, 2.05) is 0 Å². The van der Waals surface area contributed by atoms with Crippen molar-refractivity contribution < 1.29 is 26.9 Å². The fraction of sp³-hybridized carbons (Fsp3) is 1.00. The molecule has 0 aromatic heterocycles. The first-order valence-electron chi connectivity index (χ1n) is 4.38. The molecule has 0 aliphatic rings. The predicted molar refractivity (Wildman–Crippen MR) is 45.0 cm³/mol. The summed E-state index contributed by atoms with van der Waals surface area (Å²) in [5, 5.41) is 46.0. The van der Waals surface area contributed by atoms with Crippen molar-refractivity contribution in [3.05, 3.63) is 0 Å². The molecular formula is C7H17NO5. The third-order valence-corrected chi connectivity index (χ3v) is 1.70. The average molecular weight is 196 g/mol. The highest BCUT2D eigenvalue weighted by Gasteiger charge is 2.29. The van der Waals surface area contributed by atoms with Gasteiger partial charge in [-0.05, 0) is 7.05 Å². The Hall–Kier alpha value is -0.240. The fourth-order valence-corrected chi connectivity index (χ4v) is 0.858. The first kappa shape index (κ1) is 10.8. The molecule has 4 atom stereocenters. The molecule has 80 valence electrons. The van der Waals surface area contributed by atoms with Gasteiger partial charge in [-0.15, -0.1) is 0 Å². The van der Waals surface area contributed by atoms with Crippen molar-refractivity contribution in [2.24, 2.45) is 0 Å². The van der Waals surface area contributed by atoms with E-state index in [-0.39, 0.29) is 6.54 Å². The Labute approximate surface area is 77.9 Å².